The van der Waals surface area contributed by atoms with Crippen LogP contribution >= 0.6 is 0 Å². The van der Waals surface area contributed by atoms with Crippen LogP contribution in [0.5, 0.6) is 11.5 Å². The highest BCUT2D eigenvalue weighted by molar-refractivity contribution is 6.10. The van der Waals surface area contributed by atoms with Crippen molar-refractivity contribution in [3.8, 4) is 11.5 Å². The van der Waals surface area contributed by atoms with E-state index in [9.17, 15) is 14.0 Å². The molecule has 38 heavy (non-hydrogen) atoms. The monoisotopic (exact) mass is 515 g/mol. The number of methoxy groups -OCH3 is 1. The van der Waals surface area contributed by atoms with Gasteiger partial charge in [0.15, 0.2) is 16.9 Å². The van der Waals surface area contributed by atoms with Crippen molar-refractivity contribution in [3.63, 3.8) is 0 Å². The number of aryl methyl sites for hydroxylation is 1. The number of unbranched alkanes of at least 4 members (excludes halogenated alkanes) is 3. The topological polar surface area (TPSA) is 69.0 Å². The zero-order valence-electron chi connectivity index (χ0n) is 21.8. The van der Waals surface area contributed by atoms with Crippen molar-refractivity contribution >= 4 is 22.6 Å². The van der Waals surface area contributed by atoms with Crippen LogP contribution in [0.4, 0.5) is 10.1 Å². The highest BCUT2D eigenvalue weighted by Gasteiger charge is 2.44. The quantitative estimate of drug-likeness (QED) is 0.226. The largest absolute Gasteiger partial charge is 0.493 e. The number of rotatable bonds is 9. The second-order valence-electron chi connectivity index (χ2n) is 9.55. The minimum Gasteiger partial charge on any atom is -0.493 e. The molecular formula is C31H30FNO5. The van der Waals surface area contributed by atoms with Crippen molar-refractivity contribution in [3.05, 3.63) is 99.2 Å². The van der Waals surface area contributed by atoms with Gasteiger partial charge in [-0.2, -0.15) is 0 Å². The summed E-state index contributed by atoms with van der Waals surface area (Å²) in [6.07, 6.45) is 4.33. The molecule has 2 heterocycles. The number of carbonyl (C=O) groups is 1. The minimum absolute atomic E-state index is 0.0455. The Labute approximate surface area is 220 Å². The standard InChI is InChI=1S/C31H30FNO5/c1-4-5-6-7-15-37-25-13-11-20(17-26(25)36-3)28-27-29(34)23-18-21(32)12-14-24(23)38-30(27)31(35)33(28)22-10-8-9-19(2)16-22/h8-14,16-18,28H,4-7,15H2,1-3H3. The summed E-state index contributed by atoms with van der Waals surface area (Å²) < 4.78 is 31.6. The van der Waals surface area contributed by atoms with E-state index in [0.717, 1.165) is 37.3 Å². The average molecular weight is 516 g/mol. The molecule has 0 radical (unpaired) electrons. The fraction of sp³-hybridized carbons (Fsp3) is 0.290. The van der Waals surface area contributed by atoms with Crippen LogP contribution in [0.2, 0.25) is 0 Å². The number of amides is 1. The third-order valence-electron chi connectivity index (χ3n) is 6.87. The molecule has 1 aromatic heterocycles. The number of fused-ring (bicyclic) bond motifs is 2. The Hall–Kier alpha value is -4.13. The molecule has 1 amide bonds. The van der Waals surface area contributed by atoms with Gasteiger partial charge in [-0.1, -0.05) is 44.4 Å². The van der Waals surface area contributed by atoms with Gasteiger partial charge in [-0.05, 0) is 66.9 Å². The van der Waals surface area contributed by atoms with Crippen LogP contribution in [0.3, 0.4) is 0 Å². The van der Waals surface area contributed by atoms with Gasteiger partial charge in [0.1, 0.15) is 11.4 Å². The highest BCUT2D eigenvalue weighted by atomic mass is 19.1. The van der Waals surface area contributed by atoms with Gasteiger partial charge >= 0.3 is 0 Å². The average Bonchev–Trinajstić information content (AvgIpc) is 3.21. The number of carbonyl (C=O) groups excluding carboxylic acids is 1. The molecule has 0 spiro atoms. The Bertz CT molecular complexity index is 1560. The smallest absolute Gasteiger partial charge is 0.295 e. The Morgan fingerprint density at radius 2 is 1.82 bits per heavy atom. The van der Waals surface area contributed by atoms with E-state index >= 15 is 0 Å². The van der Waals surface area contributed by atoms with Gasteiger partial charge in [-0.3, -0.25) is 14.5 Å². The summed E-state index contributed by atoms with van der Waals surface area (Å²) in [5, 5.41) is 0.0895. The lowest BCUT2D eigenvalue weighted by atomic mass is 9.97. The van der Waals surface area contributed by atoms with Gasteiger partial charge in [-0.25, -0.2) is 4.39 Å². The van der Waals surface area contributed by atoms with Crippen molar-refractivity contribution in [1.82, 2.24) is 0 Å². The lowest BCUT2D eigenvalue weighted by molar-refractivity contribution is 0.0971. The summed E-state index contributed by atoms with van der Waals surface area (Å²) in [5.41, 5.74) is 2.13. The molecule has 0 saturated carbocycles. The van der Waals surface area contributed by atoms with Gasteiger partial charge in [0.25, 0.3) is 5.91 Å². The first-order chi connectivity index (χ1) is 18.4. The molecule has 0 aliphatic carbocycles. The molecule has 1 atom stereocenters. The Balaban J connectivity index is 1.63. The number of nitrogens with zero attached hydrogens (tertiary/aromatic N) is 1. The molecule has 196 valence electrons. The molecule has 1 aliphatic rings. The number of hydrogen-bond donors (Lipinski definition) is 0. The highest BCUT2D eigenvalue weighted by Crippen LogP contribution is 2.43. The van der Waals surface area contributed by atoms with E-state index in [-0.39, 0.29) is 22.3 Å². The third kappa shape index (κ3) is 4.64. The molecular weight excluding hydrogens is 485 g/mol. The second kappa shape index (κ2) is 10.7. The molecule has 1 aliphatic heterocycles. The van der Waals surface area contributed by atoms with Gasteiger partial charge < -0.3 is 13.9 Å². The van der Waals surface area contributed by atoms with Crippen molar-refractivity contribution in [1.29, 1.82) is 0 Å². The molecule has 6 nitrogen and oxygen atoms in total. The maximum atomic E-state index is 14.1. The van der Waals surface area contributed by atoms with Gasteiger partial charge in [0.2, 0.25) is 5.76 Å². The van der Waals surface area contributed by atoms with E-state index < -0.39 is 23.2 Å². The van der Waals surface area contributed by atoms with Crippen LogP contribution in [0.1, 0.15) is 65.9 Å². The third-order valence-corrected chi connectivity index (χ3v) is 6.87. The fourth-order valence-corrected chi connectivity index (χ4v) is 4.99. The van der Waals surface area contributed by atoms with Crippen LogP contribution in [-0.4, -0.2) is 19.6 Å². The molecule has 1 unspecified atom stereocenters. The van der Waals surface area contributed by atoms with Crippen molar-refractivity contribution in [2.75, 3.05) is 18.6 Å². The Kier molecular flexibility index (Phi) is 7.18. The summed E-state index contributed by atoms with van der Waals surface area (Å²) in [6, 6.07) is 15.8. The fourth-order valence-electron chi connectivity index (χ4n) is 4.99. The zero-order valence-corrected chi connectivity index (χ0v) is 21.8. The lowest BCUT2D eigenvalue weighted by Crippen LogP contribution is -2.29. The summed E-state index contributed by atoms with van der Waals surface area (Å²) in [6.45, 7) is 4.66. The molecule has 7 heteroatoms. The van der Waals surface area contributed by atoms with E-state index in [1.54, 1.807) is 24.1 Å². The van der Waals surface area contributed by atoms with Crippen LogP contribution in [-0.2, 0) is 0 Å². The van der Waals surface area contributed by atoms with E-state index in [1.165, 1.54) is 12.1 Å². The van der Waals surface area contributed by atoms with Crippen molar-refractivity contribution in [2.24, 2.45) is 0 Å². The summed E-state index contributed by atoms with van der Waals surface area (Å²) >= 11 is 0. The summed E-state index contributed by atoms with van der Waals surface area (Å²) in [7, 11) is 1.56. The maximum absolute atomic E-state index is 14.1. The van der Waals surface area contributed by atoms with E-state index in [0.29, 0.717) is 29.4 Å². The number of ether oxygens (including phenoxy) is 2. The minimum atomic E-state index is -0.796. The molecule has 5 rings (SSSR count). The van der Waals surface area contributed by atoms with E-state index in [1.807, 2.05) is 37.3 Å². The molecule has 0 fully saturated rings. The summed E-state index contributed by atoms with van der Waals surface area (Å²) in [4.78, 5) is 29.1. The van der Waals surface area contributed by atoms with Crippen LogP contribution in [0.15, 0.2) is 69.9 Å². The molecule has 3 aromatic carbocycles. The van der Waals surface area contributed by atoms with Gasteiger partial charge in [-0.15, -0.1) is 0 Å². The van der Waals surface area contributed by atoms with Crippen LogP contribution in [0, 0.1) is 12.7 Å². The SMILES string of the molecule is CCCCCCOc1ccc(C2c3c(oc4ccc(F)cc4c3=O)C(=O)N2c2cccc(C)c2)cc1OC. The zero-order chi connectivity index (χ0) is 26.8. The predicted molar refractivity (Wildman–Crippen MR) is 145 cm³/mol. The number of halogens is 1. The second-order valence-corrected chi connectivity index (χ2v) is 9.55. The lowest BCUT2D eigenvalue weighted by Gasteiger charge is -2.26. The van der Waals surface area contributed by atoms with Crippen LogP contribution in [0.25, 0.3) is 11.0 Å². The molecule has 0 saturated heterocycles. The summed E-state index contributed by atoms with van der Waals surface area (Å²) in [5.74, 6) is 0.0552. The first-order valence-electron chi connectivity index (χ1n) is 12.9. The van der Waals surface area contributed by atoms with Gasteiger partial charge in [0, 0.05) is 5.69 Å². The van der Waals surface area contributed by atoms with E-state index in [2.05, 4.69) is 6.92 Å². The predicted octanol–water partition coefficient (Wildman–Crippen LogP) is 6.96. The Morgan fingerprint density at radius 3 is 2.58 bits per heavy atom. The molecule has 0 N–H and O–H groups in total. The number of benzene rings is 3. The Morgan fingerprint density at radius 1 is 0.974 bits per heavy atom. The van der Waals surface area contributed by atoms with Crippen molar-refractivity contribution < 1.29 is 23.1 Å². The van der Waals surface area contributed by atoms with E-state index in [4.69, 9.17) is 13.9 Å². The maximum Gasteiger partial charge on any atom is 0.295 e. The molecule has 4 aromatic rings. The van der Waals surface area contributed by atoms with Crippen molar-refractivity contribution in [2.45, 2.75) is 45.6 Å². The first-order valence-corrected chi connectivity index (χ1v) is 12.9. The normalized spacial score (nSPS) is 14.7. The number of hydrogen-bond acceptors (Lipinski definition) is 5. The number of anilines is 1. The van der Waals surface area contributed by atoms with Gasteiger partial charge in [0.05, 0.1) is 30.7 Å². The first kappa shape index (κ1) is 25.5. The van der Waals surface area contributed by atoms with Crippen LogP contribution < -0.4 is 19.8 Å². The molecule has 0 bridgehead atoms.